The van der Waals surface area contributed by atoms with E-state index in [9.17, 15) is 12.8 Å². The minimum absolute atomic E-state index is 0.102. The van der Waals surface area contributed by atoms with Crippen LogP contribution in [0, 0.1) is 5.41 Å². The van der Waals surface area contributed by atoms with Crippen LogP contribution in [0.5, 0.6) is 0 Å². The fourth-order valence-corrected chi connectivity index (χ4v) is 5.05. The first-order valence-corrected chi connectivity index (χ1v) is 13.4. The molecule has 1 unspecified atom stereocenters. The summed E-state index contributed by atoms with van der Waals surface area (Å²) in [6, 6.07) is 7.90. The Balaban J connectivity index is 1.58. The number of nitrogens with two attached hydrogens (primary N) is 1. The molecule has 2 aromatic heterocycles. The van der Waals surface area contributed by atoms with E-state index in [0.717, 1.165) is 0 Å². The van der Waals surface area contributed by atoms with Crippen LogP contribution in [0.1, 0.15) is 32.9 Å². The molecular formula is C26H29F2N5O3S. The van der Waals surface area contributed by atoms with Gasteiger partial charge in [0.2, 0.25) is 0 Å². The zero-order valence-electron chi connectivity index (χ0n) is 20.8. The standard InChI is InChI=1S/C26H29F2N5O3S/c1-16(2)37(34,35)18-6-4-17(5-7-18)22-14-31-25(29)24(32-22)23-12-21(33-36-23)19-8-9-26(3,13-20(19)28)15-30-11-10-27/h4-9,12,14,16,30H,10-11,13,15H2,1-3H3,(H2,29,31). The van der Waals surface area contributed by atoms with Crippen LogP contribution in [0.3, 0.4) is 0 Å². The second-order valence-electron chi connectivity index (χ2n) is 9.53. The molecule has 1 aromatic carbocycles. The summed E-state index contributed by atoms with van der Waals surface area (Å²) < 4.78 is 57.7. The molecule has 1 aliphatic rings. The van der Waals surface area contributed by atoms with Crippen LogP contribution in [0.2, 0.25) is 0 Å². The number of aromatic nitrogens is 3. The van der Waals surface area contributed by atoms with Gasteiger partial charge in [-0.3, -0.25) is 0 Å². The van der Waals surface area contributed by atoms with Crippen molar-refractivity contribution in [1.82, 2.24) is 20.4 Å². The SMILES string of the molecule is CC(C)S(=O)(=O)c1ccc(-c2cnc(N)c(-c3cc(C4=C(F)CC(C)(CNCCF)C=C4)no3)n2)cc1. The molecule has 0 radical (unpaired) electrons. The summed E-state index contributed by atoms with van der Waals surface area (Å²) in [4.78, 5) is 8.96. The highest BCUT2D eigenvalue weighted by Crippen LogP contribution is 2.38. The summed E-state index contributed by atoms with van der Waals surface area (Å²) >= 11 is 0. The molecule has 11 heteroatoms. The summed E-state index contributed by atoms with van der Waals surface area (Å²) in [5.74, 6) is -0.0331. The Kier molecular flexibility index (Phi) is 7.56. The van der Waals surface area contributed by atoms with E-state index in [1.807, 2.05) is 13.0 Å². The molecule has 37 heavy (non-hydrogen) atoms. The molecule has 0 fully saturated rings. The van der Waals surface area contributed by atoms with Crippen molar-refractivity contribution in [2.75, 3.05) is 25.5 Å². The Morgan fingerprint density at radius 2 is 1.95 bits per heavy atom. The summed E-state index contributed by atoms with van der Waals surface area (Å²) in [6.07, 6.45) is 5.14. The quantitative estimate of drug-likeness (QED) is 0.380. The van der Waals surface area contributed by atoms with Gasteiger partial charge < -0.3 is 15.6 Å². The lowest BCUT2D eigenvalue weighted by Gasteiger charge is -2.29. The number of nitrogens with one attached hydrogen (secondary N) is 1. The van der Waals surface area contributed by atoms with Gasteiger partial charge in [0.15, 0.2) is 27.1 Å². The number of nitrogens with zero attached hydrogens (tertiary/aromatic N) is 3. The van der Waals surface area contributed by atoms with Crippen molar-refractivity contribution in [3.8, 4) is 22.7 Å². The first-order valence-electron chi connectivity index (χ1n) is 11.8. The van der Waals surface area contributed by atoms with Crippen LogP contribution in [-0.4, -0.2) is 48.6 Å². The predicted molar refractivity (Wildman–Crippen MR) is 138 cm³/mol. The lowest BCUT2D eigenvalue weighted by molar-refractivity contribution is 0.344. The molecule has 0 saturated carbocycles. The molecular weight excluding hydrogens is 500 g/mol. The fourth-order valence-electron chi connectivity index (χ4n) is 3.99. The largest absolute Gasteiger partial charge is 0.382 e. The average molecular weight is 530 g/mol. The fraction of sp³-hybridized carbons (Fsp3) is 0.346. The number of anilines is 1. The predicted octanol–water partition coefficient (Wildman–Crippen LogP) is 4.77. The monoisotopic (exact) mass is 529 g/mol. The van der Waals surface area contributed by atoms with Gasteiger partial charge in [0, 0.05) is 42.1 Å². The first kappa shape index (κ1) is 26.6. The number of alkyl halides is 1. The third-order valence-electron chi connectivity index (χ3n) is 6.22. The first-order chi connectivity index (χ1) is 17.5. The van der Waals surface area contributed by atoms with Crippen LogP contribution >= 0.6 is 0 Å². The van der Waals surface area contributed by atoms with E-state index < -0.39 is 27.2 Å². The van der Waals surface area contributed by atoms with Crippen LogP contribution < -0.4 is 11.1 Å². The van der Waals surface area contributed by atoms with Gasteiger partial charge in [0.1, 0.15) is 18.2 Å². The van der Waals surface area contributed by atoms with E-state index in [1.165, 1.54) is 18.3 Å². The zero-order chi connectivity index (χ0) is 26.8. The molecule has 2 heterocycles. The lowest BCUT2D eigenvalue weighted by atomic mass is 9.80. The van der Waals surface area contributed by atoms with E-state index in [4.69, 9.17) is 10.3 Å². The molecule has 3 N–H and O–H groups in total. The summed E-state index contributed by atoms with van der Waals surface area (Å²) in [7, 11) is -3.40. The van der Waals surface area contributed by atoms with Gasteiger partial charge in [-0.1, -0.05) is 36.4 Å². The van der Waals surface area contributed by atoms with Crippen LogP contribution in [0.15, 0.2) is 63.9 Å². The summed E-state index contributed by atoms with van der Waals surface area (Å²) in [6.45, 7) is 5.33. The Labute approximate surface area is 214 Å². The molecule has 0 aliphatic heterocycles. The third-order valence-corrected chi connectivity index (χ3v) is 8.39. The van der Waals surface area contributed by atoms with Crippen LogP contribution in [0.4, 0.5) is 14.6 Å². The maximum atomic E-state index is 15.0. The molecule has 4 rings (SSSR count). The zero-order valence-corrected chi connectivity index (χ0v) is 21.6. The highest BCUT2D eigenvalue weighted by Gasteiger charge is 2.29. The minimum atomic E-state index is -3.40. The Morgan fingerprint density at radius 3 is 2.59 bits per heavy atom. The Morgan fingerprint density at radius 1 is 1.22 bits per heavy atom. The molecule has 0 bridgehead atoms. The smallest absolute Gasteiger partial charge is 0.189 e. The maximum Gasteiger partial charge on any atom is 0.189 e. The molecule has 3 aromatic rings. The van der Waals surface area contributed by atoms with E-state index in [1.54, 1.807) is 38.1 Å². The number of allylic oxidation sites excluding steroid dienone is 3. The topological polar surface area (TPSA) is 124 Å². The van der Waals surface area contributed by atoms with Crippen molar-refractivity contribution in [2.24, 2.45) is 5.41 Å². The van der Waals surface area contributed by atoms with Gasteiger partial charge in [0.25, 0.3) is 0 Å². The van der Waals surface area contributed by atoms with Crippen molar-refractivity contribution in [3.05, 3.63) is 60.2 Å². The van der Waals surface area contributed by atoms with Crippen LogP contribution in [-0.2, 0) is 9.84 Å². The molecule has 1 atom stereocenters. The molecule has 196 valence electrons. The van der Waals surface area contributed by atoms with Crippen molar-refractivity contribution < 1.29 is 21.7 Å². The van der Waals surface area contributed by atoms with E-state index in [-0.39, 0.29) is 46.7 Å². The van der Waals surface area contributed by atoms with Crippen molar-refractivity contribution >= 4 is 21.2 Å². The summed E-state index contributed by atoms with van der Waals surface area (Å²) in [5, 5.41) is 6.45. The highest BCUT2D eigenvalue weighted by atomic mass is 32.2. The number of halogens is 2. The molecule has 0 amide bonds. The van der Waals surface area contributed by atoms with E-state index >= 15 is 4.39 Å². The average Bonchev–Trinajstić information content (AvgIpc) is 3.34. The van der Waals surface area contributed by atoms with Gasteiger partial charge >= 0.3 is 0 Å². The number of sulfone groups is 1. The number of nitrogen functional groups attached to an aromatic ring is 1. The second kappa shape index (κ2) is 10.5. The number of benzene rings is 1. The lowest BCUT2D eigenvalue weighted by Crippen LogP contribution is -2.32. The normalized spacial score (nSPS) is 18.1. The van der Waals surface area contributed by atoms with Gasteiger partial charge in [-0.25, -0.2) is 27.2 Å². The Hall–Kier alpha value is -3.44. The molecule has 0 spiro atoms. The maximum absolute atomic E-state index is 15.0. The molecule has 8 nitrogen and oxygen atoms in total. The Bertz CT molecular complexity index is 1450. The number of hydrogen-bond acceptors (Lipinski definition) is 8. The molecule has 1 aliphatic carbocycles. The summed E-state index contributed by atoms with van der Waals surface area (Å²) in [5.41, 5.74) is 7.47. The second-order valence-corrected chi connectivity index (χ2v) is 12.0. The van der Waals surface area contributed by atoms with Gasteiger partial charge in [0.05, 0.1) is 22.0 Å². The highest BCUT2D eigenvalue weighted by molar-refractivity contribution is 7.92. The van der Waals surface area contributed by atoms with Crippen molar-refractivity contribution in [3.63, 3.8) is 0 Å². The minimum Gasteiger partial charge on any atom is -0.382 e. The van der Waals surface area contributed by atoms with Gasteiger partial charge in [-0.15, -0.1) is 0 Å². The van der Waals surface area contributed by atoms with Crippen molar-refractivity contribution in [2.45, 2.75) is 37.3 Å². The third kappa shape index (κ3) is 5.62. The molecule has 0 saturated heterocycles. The number of hydrogen-bond donors (Lipinski definition) is 2. The van der Waals surface area contributed by atoms with E-state index in [2.05, 4.69) is 20.4 Å². The van der Waals surface area contributed by atoms with Crippen LogP contribution in [0.25, 0.3) is 28.3 Å². The van der Waals surface area contributed by atoms with E-state index in [0.29, 0.717) is 23.4 Å². The van der Waals surface area contributed by atoms with Gasteiger partial charge in [-0.05, 0) is 26.0 Å². The number of rotatable bonds is 9. The van der Waals surface area contributed by atoms with Crippen molar-refractivity contribution in [1.29, 1.82) is 0 Å². The van der Waals surface area contributed by atoms with Gasteiger partial charge in [-0.2, -0.15) is 0 Å².